The van der Waals surface area contributed by atoms with Crippen LogP contribution in [0.1, 0.15) is 34.6 Å². The molecule has 1 amide bonds. The van der Waals surface area contributed by atoms with Crippen molar-refractivity contribution in [1.82, 2.24) is 4.90 Å². The normalized spacial score (nSPS) is 12.0. The van der Waals surface area contributed by atoms with Crippen LogP contribution in [-0.4, -0.2) is 36.5 Å². The van der Waals surface area contributed by atoms with Gasteiger partial charge < -0.3 is 10.1 Å². The van der Waals surface area contributed by atoms with E-state index in [0.717, 1.165) is 17.7 Å². The van der Waals surface area contributed by atoms with E-state index in [9.17, 15) is 9.59 Å². The Labute approximate surface area is 152 Å². The molecule has 5 nitrogen and oxygen atoms in total. The Hall–Kier alpha value is -2.18. The SMILES string of the molecule is CCN(Cc1ccccc1)C(C)C(=O)Nc1c(C)csc1C(=O)OC. The van der Waals surface area contributed by atoms with Gasteiger partial charge in [0, 0.05) is 6.54 Å². The first-order valence-corrected chi connectivity index (χ1v) is 9.11. The summed E-state index contributed by atoms with van der Waals surface area (Å²) in [5, 5.41) is 4.74. The van der Waals surface area contributed by atoms with Gasteiger partial charge in [0.1, 0.15) is 4.88 Å². The van der Waals surface area contributed by atoms with Crippen molar-refractivity contribution in [3.05, 3.63) is 51.7 Å². The second kappa shape index (κ2) is 8.78. The number of aryl methyl sites for hydroxylation is 1. The van der Waals surface area contributed by atoms with Gasteiger partial charge in [-0.15, -0.1) is 11.3 Å². The van der Waals surface area contributed by atoms with E-state index < -0.39 is 5.97 Å². The molecular weight excluding hydrogens is 336 g/mol. The van der Waals surface area contributed by atoms with E-state index in [2.05, 4.69) is 10.2 Å². The summed E-state index contributed by atoms with van der Waals surface area (Å²) in [5.74, 6) is -0.567. The number of nitrogens with zero attached hydrogens (tertiary/aromatic N) is 1. The quantitative estimate of drug-likeness (QED) is 0.765. The summed E-state index contributed by atoms with van der Waals surface area (Å²) in [5.41, 5.74) is 2.56. The lowest BCUT2D eigenvalue weighted by Gasteiger charge is -2.27. The van der Waals surface area contributed by atoms with E-state index in [1.807, 2.05) is 56.5 Å². The number of thiophene rings is 1. The highest BCUT2D eigenvalue weighted by molar-refractivity contribution is 7.12. The maximum Gasteiger partial charge on any atom is 0.350 e. The number of ether oxygens (including phenoxy) is 1. The molecule has 134 valence electrons. The molecule has 0 saturated carbocycles. The van der Waals surface area contributed by atoms with Crippen LogP contribution in [0.25, 0.3) is 0 Å². The minimum Gasteiger partial charge on any atom is -0.465 e. The van der Waals surface area contributed by atoms with Crippen LogP contribution in [-0.2, 0) is 16.1 Å². The molecule has 0 bridgehead atoms. The van der Waals surface area contributed by atoms with Gasteiger partial charge in [0.15, 0.2) is 0 Å². The van der Waals surface area contributed by atoms with E-state index >= 15 is 0 Å². The first kappa shape index (κ1) is 19.1. The molecule has 6 heteroatoms. The van der Waals surface area contributed by atoms with Crippen LogP contribution in [0.15, 0.2) is 35.7 Å². The zero-order chi connectivity index (χ0) is 18.4. The molecule has 0 fully saturated rings. The van der Waals surface area contributed by atoms with Crippen LogP contribution in [0.4, 0.5) is 5.69 Å². The molecule has 0 saturated heterocycles. The van der Waals surface area contributed by atoms with Crippen molar-refractivity contribution in [2.75, 3.05) is 19.0 Å². The van der Waals surface area contributed by atoms with Crippen LogP contribution in [0.3, 0.4) is 0 Å². The zero-order valence-electron chi connectivity index (χ0n) is 15.0. The maximum absolute atomic E-state index is 12.7. The van der Waals surface area contributed by atoms with Gasteiger partial charge in [-0.1, -0.05) is 37.3 Å². The Balaban J connectivity index is 2.11. The van der Waals surface area contributed by atoms with Gasteiger partial charge in [-0.05, 0) is 36.9 Å². The van der Waals surface area contributed by atoms with Crippen LogP contribution in [0.2, 0.25) is 0 Å². The molecule has 2 aromatic rings. The molecule has 1 aromatic carbocycles. The second-order valence-electron chi connectivity index (χ2n) is 5.83. The summed E-state index contributed by atoms with van der Waals surface area (Å²) >= 11 is 1.28. The third-order valence-electron chi connectivity index (χ3n) is 4.16. The number of hydrogen-bond donors (Lipinski definition) is 1. The van der Waals surface area contributed by atoms with Crippen molar-refractivity contribution in [2.24, 2.45) is 0 Å². The van der Waals surface area contributed by atoms with Gasteiger partial charge in [-0.2, -0.15) is 0 Å². The molecule has 0 aliphatic heterocycles. The molecule has 1 atom stereocenters. The number of benzene rings is 1. The van der Waals surface area contributed by atoms with Crippen molar-refractivity contribution in [1.29, 1.82) is 0 Å². The third kappa shape index (κ3) is 4.67. The molecule has 0 spiro atoms. The number of carbonyl (C=O) groups excluding carboxylic acids is 2. The lowest BCUT2D eigenvalue weighted by Crippen LogP contribution is -2.41. The summed E-state index contributed by atoms with van der Waals surface area (Å²) in [6.07, 6.45) is 0. The van der Waals surface area contributed by atoms with Crippen LogP contribution in [0, 0.1) is 6.92 Å². The van der Waals surface area contributed by atoms with Gasteiger partial charge in [0.05, 0.1) is 18.8 Å². The average molecular weight is 360 g/mol. The average Bonchev–Trinajstić information content (AvgIpc) is 2.99. The number of amides is 1. The zero-order valence-corrected chi connectivity index (χ0v) is 15.9. The number of rotatable bonds is 7. The molecule has 0 radical (unpaired) electrons. The van der Waals surface area contributed by atoms with Crippen molar-refractivity contribution < 1.29 is 14.3 Å². The Morgan fingerprint density at radius 1 is 1.28 bits per heavy atom. The van der Waals surface area contributed by atoms with Gasteiger partial charge in [0.25, 0.3) is 0 Å². The summed E-state index contributed by atoms with van der Waals surface area (Å²) < 4.78 is 4.79. The highest BCUT2D eigenvalue weighted by Crippen LogP contribution is 2.28. The van der Waals surface area contributed by atoms with Crippen LogP contribution >= 0.6 is 11.3 Å². The highest BCUT2D eigenvalue weighted by Gasteiger charge is 2.24. The maximum atomic E-state index is 12.7. The van der Waals surface area contributed by atoms with E-state index in [1.54, 1.807) is 0 Å². The van der Waals surface area contributed by atoms with E-state index in [-0.39, 0.29) is 11.9 Å². The van der Waals surface area contributed by atoms with Gasteiger partial charge >= 0.3 is 5.97 Å². The Morgan fingerprint density at radius 2 is 1.96 bits per heavy atom. The molecule has 25 heavy (non-hydrogen) atoms. The number of carbonyl (C=O) groups is 2. The second-order valence-corrected chi connectivity index (χ2v) is 6.71. The largest absolute Gasteiger partial charge is 0.465 e. The molecule has 1 heterocycles. The number of methoxy groups -OCH3 is 1. The van der Waals surface area contributed by atoms with Crippen molar-refractivity contribution in [3.63, 3.8) is 0 Å². The van der Waals surface area contributed by atoms with Crippen LogP contribution in [0.5, 0.6) is 0 Å². The number of hydrogen-bond acceptors (Lipinski definition) is 5. The molecular formula is C19H24N2O3S. The number of likely N-dealkylation sites (N-methyl/N-ethyl adjacent to an activating group) is 1. The van der Waals surface area contributed by atoms with E-state index in [1.165, 1.54) is 18.4 Å². The minimum absolute atomic E-state index is 0.135. The standard InChI is InChI=1S/C19H24N2O3S/c1-5-21(11-15-9-7-6-8-10-15)14(3)18(22)20-16-13(2)12-25-17(16)19(23)24-4/h6-10,12,14H,5,11H2,1-4H3,(H,20,22). The fourth-order valence-electron chi connectivity index (χ4n) is 2.58. The fraction of sp³-hybridized carbons (Fsp3) is 0.368. The number of esters is 1. The molecule has 1 aromatic heterocycles. The minimum atomic E-state index is -0.433. The molecule has 1 N–H and O–H groups in total. The van der Waals surface area contributed by atoms with E-state index in [4.69, 9.17) is 4.74 Å². The van der Waals surface area contributed by atoms with Crippen LogP contribution < -0.4 is 5.32 Å². The lowest BCUT2D eigenvalue weighted by atomic mass is 10.1. The predicted octanol–water partition coefficient (Wildman–Crippen LogP) is 3.69. The highest BCUT2D eigenvalue weighted by atomic mass is 32.1. The van der Waals surface area contributed by atoms with Crippen molar-refractivity contribution in [2.45, 2.75) is 33.4 Å². The predicted molar refractivity (Wildman–Crippen MR) is 101 cm³/mol. The number of anilines is 1. The fourth-order valence-corrected chi connectivity index (χ4v) is 3.50. The smallest absolute Gasteiger partial charge is 0.350 e. The third-order valence-corrected chi connectivity index (χ3v) is 5.23. The lowest BCUT2D eigenvalue weighted by molar-refractivity contribution is -0.120. The monoisotopic (exact) mass is 360 g/mol. The van der Waals surface area contributed by atoms with Gasteiger partial charge in [-0.25, -0.2) is 4.79 Å². The van der Waals surface area contributed by atoms with Crippen molar-refractivity contribution >= 4 is 28.9 Å². The number of nitrogens with one attached hydrogen (secondary N) is 1. The first-order valence-electron chi connectivity index (χ1n) is 8.23. The molecule has 0 aliphatic rings. The Morgan fingerprint density at radius 3 is 2.56 bits per heavy atom. The molecule has 0 aliphatic carbocycles. The molecule has 2 rings (SSSR count). The summed E-state index contributed by atoms with van der Waals surface area (Å²) in [6, 6.07) is 9.73. The summed E-state index contributed by atoms with van der Waals surface area (Å²) in [7, 11) is 1.34. The van der Waals surface area contributed by atoms with E-state index in [0.29, 0.717) is 17.1 Å². The van der Waals surface area contributed by atoms with Gasteiger partial charge in [-0.3, -0.25) is 9.69 Å². The van der Waals surface area contributed by atoms with Crippen molar-refractivity contribution in [3.8, 4) is 0 Å². The Kier molecular flexibility index (Phi) is 6.73. The summed E-state index contributed by atoms with van der Waals surface area (Å²) in [4.78, 5) is 27.1. The molecule has 1 unspecified atom stereocenters. The summed E-state index contributed by atoms with van der Waals surface area (Å²) in [6.45, 7) is 7.21. The van der Waals surface area contributed by atoms with Gasteiger partial charge in [0.2, 0.25) is 5.91 Å². The Bertz CT molecular complexity index is 728. The topological polar surface area (TPSA) is 58.6 Å². The first-order chi connectivity index (χ1) is 12.0.